The van der Waals surface area contributed by atoms with E-state index in [1.54, 1.807) is 18.2 Å². The number of fused-ring (bicyclic) bond motifs is 1. The van der Waals surface area contributed by atoms with Crippen LogP contribution in [-0.2, 0) is 0 Å². The lowest BCUT2D eigenvalue weighted by Crippen LogP contribution is -2.34. The molecule has 7 nitrogen and oxygen atoms in total. The molecule has 2 N–H and O–H groups in total. The number of aromatic nitrogens is 1. The number of aryl methyl sites for hydroxylation is 2. The Kier molecular flexibility index (Phi) is 4.92. The van der Waals surface area contributed by atoms with Crippen LogP contribution in [0, 0.1) is 24.0 Å². The van der Waals surface area contributed by atoms with E-state index in [0.29, 0.717) is 20.9 Å². The molecule has 1 heterocycles. The highest BCUT2D eigenvalue weighted by Gasteiger charge is 2.13. The van der Waals surface area contributed by atoms with Crippen LogP contribution in [0.15, 0.2) is 36.4 Å². The molecular formula is C17H14N4O3S2. The first-order chi connectivity index (χ1) is 12.3. The van der Waals surface area contributed by atoms with Crippen molar-refractivity contribution in [1.82, 2.24) is 10.3 Å². The van der Waals surface area contributed by atoms with E-state index >= 15 is 0 Å². The highest BCUT2D eigenvalue weighted by atomic mass is 32.1. The monoisotopic (exact) mass is 386 g/mol. The molecule has 1 aromatic heterocycles. The Morgan fingerprint density at radius 3 is 2.65 bits per heavy atom. The van der Waals surface area contributed by atoms with Gasteiger partial charge < -0.3 is 5.32 Å². The number of carbonyl (C=O) groups excluding carboxylic acids is 1. The first-order valence-electron chi connectivity index (χ1n) is 7.58. The lowest BCUT2D eigenvalue weighted by molar-refractivity contribution is -0.384. The van der Waals surface area contributed by atoms with Crippen LogP contribution in [0.1, 0.15) is 21.5 Å². The first-order valence-corrected chi connectivity index (χ1v) is 8.80. The molecule has 9 heteroatoms. The summed E-state index contributed by atoms with van der Waals surface area (Å²) in [6.45, 7) is 3.91. The van der Waals surface area contributed by atoms with Crippen molar-refractivity contribution >= 4 is 55.6 Å². The molecule has 2 aromatic carbocycles. The maximum absolute atomic E-state index is 12.3. The minimum absolute atomic E-state index is 0.00156. The van der Waals surface area contributed by atoms with Crippen LogP contribution in [0.5, 0.6) is 0 Å². The summed E-state index contributed by atoms with van der Waals surface area (Å²) in [5.41, 5.74) is 3.25. The van der Waals surface area contributed by atoms with Crippen molar-refractivity contribution in [2.24, 2.45) is 0 Å². The number of anilines is 1. The average molecular weight is 386 g/mol. The number of nitrogens with zero attached hydrogens (tertiary/aromatic N) is 2. The summed E-state index contributed by atoms with van der Waals surface area (Å²) in [6.07, 6.45) is 0. The third-order valence-corrected chi connectivity index (χ3v) is 4.94. The van der Waals surface area contributed by atoms with Crippen LogP contribution in [0.4, 0.5) is 10.8 Å². The number of carbonyl (C=O) groups is 1. The van der Waals surface area contributed by atoms with Crippen molar-refractivity contribution < 1.29 is 9.72 Å². The Labute approximate surface area is 158 Å². The Morgan fingerprint density at radius 2 is 1.96 bits per heavy atom. The minimum atomic E-state index is -0.458. The molecule has 3 rings (SSSR count). The number of nitro groups is 1. The van der Waals surface area contributed by atoms with Gasteiger partial charge in [0, 0.05) is 17.7 Å². The Morgan fingerprint density at radius 1 is 1.19 bits per heavy atom. The molecule has 0 atom stereocenters. The maximum Gasteiger partial charge on any atom is 0.270 e. The number of hydrogen-bond donors (Lipinski definition) is 2. The molecule has 0 unspecified atom stereocenters. The van der Waals surface area contributed by atoms with Crippen molar-refractivity contribution in [1.29, 1.82) is 0 Å². The second-order valence-corrected chi connectivity index (χ2v) is 7.07. The Bertz CT molecular complexity index is 1050. The van der Waals surface area contributed by atoms with Gasteiger partial charge in [-0.15, -0.1) is 0 Å². The quantitative estimate of drug-likeness (QED) is 0.402. The summed E-state index contributed by atoms with van der Waals surface area (Å²) >= 11 is 6.38. The zero-order chi connectivity index (χ0) is 18.8. The molecule has 0 aliphatic heterocycles. The molecule has 3 aromatic rings. The largest absolute Gasteiger partial charge is 0.308 e. The summed E-state index contributed by atoms with van der Waals surface area (Å²) in [7, 11) is 0. The fraction of sp³-hybridized carbons (Fsp3) is 0.118. The third kappa shape index (κ3) is 3.84. The van der Waals surface area contributed by atoms with Crippen molar-refractivity contribution in [3.05, 3.63) is 63.2 Å². The second-order valence-electron chi connectivity index (χ2n) is 5.64. The molecule has 0 aliphatic rings. The number of benzene rings is 2. The van der Waals surface area contributed by atoms with Crippen molar-refractivity contribution in [3.8, 4) is 0 Å². The van der Waals surface area contributed by atoms with Crippen molar-refractivity contribution in [2.45, 2.75) is 13.8 Å². The lowest BCUT2D eigenvalue weighted by Gasteiger charge is -2.08. The van der Waals surface area contributed by atoms with Gasteiger partial charge in [0.1, 0.15) is 0 Å². The molecule has 1 amide bonds. The number of nitrogens with one attached hydrogen (secondary N) is 2. The van der Waals surface area contributed by atoms with E-state index in [9.17, 15) is 14.9 Å². The van der Waals surface area contributed by atoms with Gasteiger partial charge in [0.25, 0.3) is 11.6 Å². The summed E-state index contributed by atoms with van der Waals surface area (Å²) in [5.74, 6) is -0.317. The van der Waals surface area contributed by atoms with E-state index in [1.165, 1.54) is 23.5 Å². The predicted octanol–water partition coefficient (Wildman–Crippen LogP) is 3.95. The van der Waals surface area contributed by atoms with Gasteiger partial charge in [-0.1, -0.05) is 17.4 Å². The Hall–Kier alpha value is -2.91. The zero-order valence-electron chi connectivity index (χ0n) is 13.9. The summed E-state index contributed by atoms with van der Waals surface area (Å²) in [5, 5.41) is 16.8. The highest BCUT2D eigenvalue weighted by Crippen LogP contribution is 2.29. The number of rotatable bonds is 3. The predicted molar refractivity (Wildman–Crippen MR) is 106 cm³/mol. The van der Waals surface area contributed by atoms with E-state index in [2.05, 4.69) is 15.6 Å². The van der Waals surface area contributed by atoms with Crippen LogP contribution in [-0.4, -0.2) is 20.9 Å². The van der Waals surface area contributed by atoms with Crippen LogP contribution in [0.3, 0.4) is 0 Å². The van der Waals surface area contributed by atoms with E-state index in [4.69, 9.17) is 12.2 Å². The minimum Gasteiger partial charge on any atom is -0.308 e. The van der Waals surface area contributed by atoms with Gasteiger partial charge in [-0.05, 0) is 55.4 Å². The normalized spacial score (nSPS) is 10.5. The molecule has 0 radical (unpaired) electrons. The number of thiocarbonyl (C=S) groups is 1. The fourth-order valence-electron chi connectivity index (χ4n) is 2.27. The van der Waals surface area contributed by atoms with Gasteiger partial charge in [0.2, 0.25) is 0 Å². The van der Waals surface area contributed by atoms with Crippen molar-refractivity contribution in [3.63, 3.8) is 0 Å². The molecule has 0 spiro atoms. The Balaban J connectivity index is 1.71. The number of nitro benzene ring substituents is 1. The zero-order valence-corrected chi connectivity index (χ0v) is 15.5. The van der Waals surface area contributed by atoms with Gasteiger partial charge in [0.05, 0.1) is 15.1 Å². The standard InChI is InChI=1S/C17H14N4O3S2/c1-9-3-4-11(7-10(9)2)15(22)19-16(25)20-17-18-13-6-5-12(21(23)24)8-14(13)26-17/h3-8H,1-2H3,(H2,18,19,20,22,25). The van der Waals surface area contributed by atoms with E-state index in [-0.39, 0.29) is 16.7 Å². The summed E-state index contributed by atoms with van der Waals surface area (Å²) in [4.78, 5) is 27.0. The number of hydrogen-bond acceptors (Lipinski definition) is 6. The average Bonchev–Trinajstić information content (AvgIpc) is 2.98. The topological polar surface area (TPSA) is 97.2 Å². The third-order valence-electron chi connectivity index (χ3n) is 3.80. The highest BCUT2D eigenvalue weighted by molar-refractivity contribution is 7.80. The molecule has 0 saturated carbocycles. The van der Waals surface area contributed by atoms with Crippen molar-refractivity contribution in [2.75, 3.05) is 5.32 Å². The van der Waals surface area contributed by atoms with Gasteiger partial charge in [-0.25, -0.2) is 4.98 Å². The molecule has 26 heavy (non-hydrogen) atoms. The molecule has 132 valence electrons. The second kappa shape index (κ2) is 7.14. The maximum atomic E-state index is 12.3. The van der Waals surface area contributed by atoms with Gasteiger partial charge in [0.15, 0.2) is 10.2 Å². The molecule has 0 saturated heterocycles. The van der Waals surface area contributed by atoms with Crippen LogP contribution in [0.2, 0.25) is 0 Å². The van der Waals surface area contributed by atoms with Gasteiger partial charge >= 0.3 is 0 Å². The number of non-ortho nitro benzene ring substituents is 1. The molecule has 0 bridgehead atoms. The summed E-state index contributed by atoms with van der Waals surface area (Å²) < 4.78 is 0.657. The van der Waals surface area contributed by atoms with Gasteiger partial charge in [-0.3, -0.25) is 20.2 Å². The summed E-state index contributed by atoms with van der Waals surface area (Å²) in [6, 6.07) is 9.83. The molecule has 0 fully saturated rings. The molecular weight excluding hydrogens is 372 g/mol. The number of thiazole rings is 1. The SMILES string of the molecule is Cc1ccc(C(=O)NC(=S)Nc2nc3ccc([N+](=O)[O-])cc3s2)cc1C. The van der Waals surface area contributed by atoms with Crippen LogP contribution < -0.4 is 10.6 Å². The van der Waals surface area contributed by atoms with Crippen LogP contribution in [0.25, 0.3) is 10.2 Å². The lowest BCUT2D eigenvalue weighted by atomic mass is 10.1. The number of amides is 1. The van der Waals surface area contributed by atoms with Crippen LogP contribution >= 0.6 is 23.6 Å². The van der Waals surface area contributed by atoms with E-state index in [0.717, 1.165) is 11.1 Å². The van der Waals surface area contributed by atoms with Gasteiger partial charge in [-0.2, -0.15) is 0 Å². The van der Waals surface area contributed by atoms with E-state index < -0.39 is 4.92 Å². The smallest absolute Gasteiger partial charge is 0.270 e. The van der Waals surface area contributed by atoms with E-state index in [1.807, 2.05) is 19.9 Å². The first kappa shape index (κ1) is 17.9. The molecule has 0 aliphatic carbocycles. The fourth-order valence-corrected chi connectivity index (χ4v) is 3.42.